The number of alkyl halides is 2. The molecule has 0 aliphatic rings. The van der Waals surface area contributed by atoms with Crippen LogP contribution in [0.1, 0.15) is 5.01 Å². The van der Waals surface area contributed by atoms with E-state index in [1.165, 1.54) is 12.1 Å². The number of aromatic nitrogens is 2. The molecule has 2 aromatic rings. The summed E-state index contributed by atoms with van der Waals surface area (Å²) < 4.78 is 31.5. The van der Waals surface area contributed by atoms with Crippen LogP contribution < -0.4 is 10.5 Å². The highest BCUT2D eigenvalue weighted by molar-refractivity contribution is 7.15. The van der Waals surface area contributed by atoms with Gasteiger partial charge in [-0.1, -0.05) is 29.5 Å². The monoisotopic (exact) mass is 243 g/mol. The lowest BCUT2D eigenvalue weighted by molar-refractivity contribution is -0.185. The molecule has 2 N–H and O–H groups in total. The Morgan fingerprint density at radius 3 is 2.44 bits per heavy atom. The summed E-state index contributed by atoms with van der Waals surface area (Å²) in [4.78, 5) is 0. The number of hydrogen-bond acceptors (Lipinski definition) is 5. The average Bonchev–Trinajstić information content (AvgIpc) is 2.66. The predicted molar refractivity (Wildman–Crippen MR) is 55.3 cm³/mol. The molecule has 1 aromatic heterocycles. The first-order chi connectivity index (χ1) is 7.58. The second-order valence-electron chi connectivity index (χ2n) is 2.88. The van der Waals surface area contributed by atoms with Gasteiger partial charge in [0.2, 0.25) is 10.1 Å². The van der Waals surface area contributed by atoms with Gasteiger partial charge in [0.1, 0.15) is 5.75 Å². The summed E-state index contributed by atoms with van der Waals surface area (Å²) in [5.74, 6) is 0.0567. The summed E-state index contributed by atoms with van der Waals surface area (Å²) >= 11 is 0.594. The maximum Gasteiger partial charge on any atom is 0.456 e. The normalized spacial score (nSPS) is 11.4. The number of ether oxygens (including phenoxy) is 1. The second kappa shape index (κ2) is 4.01. The molecule has 7 heteroatoms. The van der Waals surface area contributed by atoms with E-state index < -0.39 is 11.1 Å². The number of nitrogen functional groups attached to an aromatic ring is 1. The molecule has 0 saturated heterocycles. The molecular formula is C9H7F2N3OS. The topological polar surface area (TPSA) is 61.0 Å². The van der Waals surface area contributed by atoms with Crippen LogP contribution in [-0.4, -0.2) is 10.2 Å². The fourth-order valence-corrected chi connectivity index (χ4v) is 1.55. The van der Waals surface area contributed by atoms with Crippen LogP contribution in [0.2, 0.25) is 0 Å². The lowest BCUT2D eigenvalue weighted by Crippen LogP contribution is -2.21. The number of halogens is 2. The molecule has 0 fully saturated rings. The van der Waals surface area contributed by atoms with Crippen molar-refractivity contribution in [2.24, 2.45) is 0 Å². The number of nitrogens with two attached hydrogens (primary N) is 1. The molecule has 0 atom stereocenters. The van der Waals surface area contributed by atoms with E-state index in [1.54, 1.807) is 18.2 Å². The highest BCUT2D eigenvalue weighted by Crippen LogP contribution is 2.33. The maximum absolute atomic E-state index is 13.5. The van der Waals surface area contributed by atoms with Crippen LogP contribution in [0.4, 0.5) is 13.9 Å². The van der Waals surface area contributed by atoms with E-state index in [4.69, 9.17) is 5.73 Å². The highest BCUT2D eigenvalue weighted by atomic mass is 32.1. The number of benzene rings is 1. The van der Waals surface area contributed by atoms with Gasteiger partial charge in [0.05, 0.1) is 0 Å². The van der Waals surface area contributed by atoms with Crippen molar-refractivity contribution in [1.29, 1.82) is 0 Å². The second-order valence-corrected chi connectivity index (χ2v) is 3.89. The fraction of sp³-hybridized carbons (Fsp3) is 0.111. The van der Waals surface area contributed by atoms with E-state index in [-0.39, 0.29) is 10.9 Å². The summed E-state index contributed by atoms with van der Waals surface area (Å²) in [6.45, 7) is 0. The molecule has 0 aliphatic heterocycles. The Bertz CT molecular complexity index is 475. The van der Waals surface area contributed by atoms with Crippen LogP contribution in [0, 0.1) is 0 Å². The third-order valence-corrected chi connectivity index (χ3v) is 2.48. The Labute approximate surface area is 93.7 Å². The van der Waals surface area contributed by atoms with Crippen LogP contribution >= 0.6 is 11.3 Å². The zero-order valence-corrected chi connectivity index (χ0v) is 8.75. The number of rotatable bonds is 3. The molecule has 0 spiro atoms. The van der Waals surface area contributed by atoms with Gasteiger partial charge in [-0.2, -0.15) is 8.78 Å². The Kier molecular flexibility index (Phi) is 2.69. The molecule has 1 heterocycles. The summed E-state index contributed by atoms with van der Waals surface area (Å²) in [5.41, 5.74) is 5.22. The van der Waals surface area contributed by atoms with Gasteiger partial charge in [-0.3, -0.25) is 0 Å². The molecule has 2 rings (SSSR count). The zero-order chi connectivity index (χ0) is 11.6. The molecule has 84 valence electrons. The Balaban J connectivity index is 2.20. The van der Waals surface area contributed by atoms with Crippen molar-refractivity contribution in [1.82, 2.24) is 10.2 Å². The maximum atomic E-state index is 13.5. The molecule has 4 nitrogen and oxygen atoms in total. The lowest BCUT2D eigenvalue weighted by atomic mass is 10.3. The fourth-order valence-electron chi connectivity index (χ4n) is 1.03. The number of anilines is 1. The van der Waals surface area contributed by atoms with Crippen molar-refractivity contribution in [2.75, 3.05) is 5.73 Å². The van der Waals surface area contributed by atoms with Gasteiger partial charge in [-0.25, -0.2) is 0 Å². The van der Waals surface area contributed by atoms with Crippen LogP contribution in [-0.2, 0) is 6.11 Å². The molecule has 0 bridgehead atoms. The Hall–Kier alpha value is -1.76. The summed E-state index contributed by atoms with van der Waals surface area (Å²) in [6.07, 6.45) is -3.52. The average molecular weight is 243 g/mol. The van der Waals surface area contributed by atoms with Gasteiger partial charge in [0.25, 0.3) is 0 Å². The smallest absolute Gasteiger partial charge is 0.427 e. The third-order valence-electron chi connectivity index (χ3n) is 1.68. The highest BCUT2D eigenvalue weighted by Gasteiger charge is 2.39. The van der Waals surface area contributed by atoms with Gasteiger partial charge in [-0.15, -0.1) is 10.2 Å². The van der Waals surface area contributed by atoms with Crippen LogP contribution in [0.3, 0.4) is 0 Å². The minimum absolute atomic E-state index is 0.0219. The first kappa shape index (κ1) is 10.7. The van der Waals surface area contributed by atoms with Crippen LogP contribution in [0.5, 0.6) is 5.75 Å². The van der Waals surface area contributed by atoms with E-state index in [1.807, 2.05) is 0 Å². The largest absolute Gasteiger partial charge is 0.456 e. The van der Waals surface area contributed by atoms with Crippen LogP contribution in [0.15, 0.2) is 30.3 Å². The van der Waals surface area contributed by atoms with E-state index in [0.717, 1.165) is 0 Å². The van der Waals surface area contributed by atoms with Crippen molar-refractivity contribution in [3.63, 3.8) is 0 Å². The van der Waals surface area contributed by atoms with Crippen molar-refractivity contribution < 1.29 is 13.5 Å². The first-order valence-electron chi connectivity index (χ1n) is 4.29. The van der Waals surface area contributed by atoms with Gasteiger partial charge in [0, 0.05) is 0 Å². The SMILES string of the molecule is Nc1nnc(C(F)(F)Oc2ccccc2)s1. The molecule has 0 saturated carbocycles. The van der Waals surface area contributed by atoms with Crippen molar-refractivity contribution in [3.8, 4) is 5.75 Å². The number of para-hydroxylation sites is 1. The molecule has 0 radical (unpaired) electrons. The summed E-state index contributed by atoms with van der Waals surface area (Å²) in [5, 5.41) is 5.98. The third kappa shape index (κ3) is 2.25. The molecule has 0 aliphatic carbocycles. The van der Waals surface area contributed by atoms with Gasteiger partial charge >= 0.3 is 6.11 Å². The summed E-state index contributed by atoms with van der Waals surface area (Å²) in [7, 11) is 0. The van der Waals surface area contributed by atoms with Gasteiger partial charge in [-0.05, 0) is 12.1 Å². The van der Waals surface area contributed by atoms with E-state index in [0.29, 0.717) is 11.3 Å². The molecule has 16 heavy (non-hydrogen) atoms. The van der Waals surface area contributed by atoms with E-state index in [9.17, 15) is 8.78 Å². The molecule has 0 amide bonds. The van der Waals surface area contributed by atoms with Crippen molar-refractivity contribution in [3.05, 3.63) is 35.3 Å². The molecular weight excluding hydrogens is 236 g/mol. The van der Waals surface area contributed by atoms with E-state index in [2.05, 4.69) is 14.9 Å². The van der Waals surface area contributed by atoms with Crippen LogP contribution in [0.25, 0.3) is 0 Å². The summed E-state index contributed by atoms with van der Waals surface area (Å²) in [6, 6.07) is 7.75. The first-order valence-corrected chi connectivity index (χ1v) is 5.11. The molecule has 0 unspecified atom stereocenters. The standard InChI is InChI=1S/C9H7F2N3OS/c10-9(11,7-13-14-8(12)16-7)15-6-4-2-1-3-5-6/h1-5H,(H2,12,14). The lowest BCUT2D eigenvalue weighted by Gasteiger charge is -2.14. The Morgan fingerprint density at radius 2 is 1.88 bits per heavy atom. The van der Waals surface area contributed by atoms with Gasteiger partial charge in [0.15, 0.2) is 0 Å². The minimum atomic E-state index is -3.52. The predicted octanol–water partition coefficient (Wildman–Crippen LogP) is 2.25. The molecule has 1 aromatic carbocycles. The van der Waals surface area contributed by atoms with E-state index >= 15 is 0 Å². The number of hydrogen-bond donors (Lipinski definition) is 1. The van der Waals surface area contributed by atoms with Crippen molar-refractivity contribution in [2.45, 2.75) is 6.11 Å². The quantitative estimate of drug-likeness (QED) is 0.898. The Morgan fingerprint density at radius 1 is 1.19 bits per heavy atom. The minimum Gasteiger partial charge on any atom is -0.427 e. The number of nitrogens with zero attached hydrogens (tertiary/aromatic N) is 2. The zero-order valence-electron chi connectivity index (χ0n) is 7.93. The van der Waals surface area contributed by atoms with Gasteiger partial charge < -0.3 is 10.5 Å². The van der Waals surface area contributed by atoms with Crippen molar-refractivity contribution >= 4 is 16.5 Å².